The van der Waals surface area contributed by atoms with Gasteiger partial charge in [-0.15, -0.1) is 0 Å². The summed E-state index contributed by atoms with van der Waals surface area (Å²) < 4.78 is 13.5. The number of benzene rings is 2. The molecule has 2 aromatic carbocycles. The van der Waals surface area contributed by atoms with E-state index in [2.05, 4.69) is 21.2 Å². The Labute approximate surface area is 130 Å². The first-order valence-corrected chi connectivity index (χ1v) is 7.16. The first kappa shape index (κ1) is 15.0. The van der Waals surface area contributed by atoms with Gasteiger partial charge in [0.2, 0.25) is 0 Å². The number of rotatable bonds is 3. The third-order valence-electron chi connectivity index (χ3n) is 2.91. The maximum atomic E-state index is 12.9. The Balaban J connectivity index is 2.15. The largest absolute Gasteiger partial charge is 0.345 e. The van der Waals surface area contributed by atoms with E-state index in [0.29, 0.717) is 15.1 Å². The zero-order chi connectivity index (χ0) is 14.7. The highest BCUT2D eigenvalue weighted by Gasteiger charge is 2.15. The summed E-state index contributed by atoms with van der Waals surface area (Å²) in [5.74, 6) is -0.574. The minimum Gasteiger partial charge on any atom is -0.345 e. The van der Waals surface area contributed by atoms with E-state index in [1.807, 2.05) is 6.92 Å². The molecule has 20 heavy (non-hydrogen) atoms. The van der Waals surface area contributed by atoms with Crippen LogP contribution in [0, 0.1) is 5.82 Å². The minimum atomic E-state index is -0.303. The summed E-state index contributed by atoms with van der Waals surface area (Å²) in [4.78, 5) is 12.2. The predicted molar refractivity (Wildman–Crippen MR) is 81.4 cm³/mol. The summed E-state index contributed by atoms with van der Waals surface area (Å²) >= 11 is 9.36. The van der Waals surface area contributed by atoms with Crippen LogP contribution in [0.1, 0.15) is 28.9 Å². The molecular weight excluding hydrogens is 345 g/mol. The van der Waals surface area contributed by atoms with E-state index in [9.17, 15) is 9.18 Å². The second kappa shape index (κ2) is 6.37. The monoisotopic (exact) mass is 355 g/mol. The lowest BCUT2D eigenvalue weighted by Crippen LogP contribution is -2.26. The molecule has 0 saturated carbocycles. The van der Waals surface area contributed by atoms with Crippen molar-refractivity contribution in [2.75, 3.05) is 0 Å². The molecule has 104 valence electrons. The molecule has 0 bridgehead atoms. The lowest BCUT2D eigenvalue weighted by molar-refractivity contribution is 0.0940. The van der Waals surface area contributed by atoms with Gasteiger partial charge in [-0.1, -0.05) is 29.8 Å². The van der Waals surface area contributed by atoms with Crippen molar-refractivity contribution < 1.29 is 9.18 Å². The molecule has 0 aliphatic rings. The molecule has 2 nitrogen and oxygen atoms in total. The van der Waals surface area contributed by atoms with Crippen molar-refractivity contribution >= 4 is 33.4 Å². The third-order valence-corrected chi connectivity index (χ3v) is 4.21. The van der Waals surface area contributed by atoms with Crippen molar-refractivity contribution in [3.8, 4) is 0 Å². The summed E-state index contributed by atoms with van der Waals surface area (Å²) in [5.41, 5.74) is 1.22. The van der Waals surface area contributed by atoms with Gasteiger partial charge in [0.05, 0.1) is 16.6 Å². The molecule has 2 rings (SSSR count). The number of hydrogen-bond acceptors (Lipinski definition) is 1. The molecule has 1 unspecified atom stereocenters. The van der Waals surface area contributed by atoms with Crippen LogP contribution in [0.15, 0.2) is 46.9 Å². The summed E-state index contributed by atoms with van der Waals surface area (Å²) in [6, 6.07) is 10.9. The van der Waals surface area contributed by atoms with Crippen LogP contribution in [0.2, 0.25) is 5.02 Å². The lowest BCUT2D eigenvalue weighted by atomic mass is 10.1. The Kier molecular flexibility index (Phi) is 4.78. The van der Waals surface area contributed by atoms with Crippen LogP contribution in [0.4, 0.5) is 4.39 Å². The second-order valence-electron chi connectivity index (χ2n) is 4.35. The highest BCUT2D eigenvalue weighted by molar-refractivity contribution is 9.10. The molecule has 0 spiro atoms. The standard InChI is InChI=1S/C15H12BrClFNO/c1-9(10-5-7-11(18)8-6-10)19-15(20)12-3-2-4-13(16)14(12)17/h2-9H,1H3,(H,19,20). The Morgan fingerprint density at radius 2 is 1.90 bits per heavy atom. The molecular formula is C15H12BrClFNO. The molecule has 1 amide bonds. The predicted octanol–water partition coefficient (Wildman–Crippen LogP) is 4.73. The van der Waals surface area contributed by atoms with E-state index in [4.69, 9.17) is 11.6 Å². The molecule has 0 heterocycles. The fourth-order valence-corrected chi connectivity index (χ4v) is 2.37. The molecule has 0 aromatic heterocycles. The Morgan fingerprint density at radius 1 is 1.25 bits per heavy atom. The maximum Gasteiger partial charge on any atom is 0.253 e. The van der Waals surface area contributed by atoms with Crippen LogP contribution >= 0.6 is 27.5 Å². The van der Waals surface area contributed by atoms with Crippen LogP contribution in [0.25, 0.3) is 0 Å². The van der Waals surface area contributed by atoms with Gasteiger partial charge in [0.1, 0.15) is 5.82 Å². The molecule has 0 saturated heterocycles. The summed E-state index contributed by atoms with van der Waals surface area (Å²) in [7, 11) is 0. The zero-order valence-corrected chi connectivity index (χ0v) is 13.0. The van der Waals surface area contributed by atoms with Crippen LogP contribution in [-0.4, -0.2) is 5.91 Å². The average molecular weight is 357 g/mol. The first-order chi connectivity index (χ1) is 9.49. The fraction of sp³-hybridized carbons (Fsp3) is 0.133. The summed E-state index contributed by atoms with van der Waals surface area (Å²) in [5, 5.41) is 3.20. The molecule has 1 N–H and O–H groups in total. The minimum absolute atomic E-state index is 0.238. The van der Waals surface area contributed by atoms with E-state index in [1.165, 1.54) is 12.1 Å². The Morgan fingerprint density at radius 3 is 2.55 bits per heavy atom. The second-order valence-corrected chi connectivity index (χ2v) is 5.58. The average Bonchev–Trinajstić information content (AvgIpc) is 2.42. The van der Waals surface area contributed by atoms with E-state index >= 15 is 0 Å². The van der Waals surface area contributed by atoms with E-state index in [0.717, 1.165) is 5.56 Å². The lowest BCUT2D eigenvalue weighted by Gasteiger charge is -2.15. The quantitative estimate of drug-likeness (QED) is 0.846. The molecule has 0 radical (unpaired) electrons. The van der Waals surface area contributed by atoms with Crippen LogP contribution in [0.5, 0.6) is 0 Å². The maximum absolute atomic E-state index is 12.9. The van der Waals surface area contributed by atoms with E-state index < -0.39 is 0 Å². The van der Waals surface area contributed by atoms with Crippen LogP contribution < -0.4 is 5.32 Å². The molecule has 1 atom stereocenters. The number of amides is 1. The number of hydrogen-bond donors (Lipinski definition) is 1. The van der Waals surface area contributed by atoms with Gasteiger partial charge in [0.15, 0.2) is 0 Å². The summed E-state index contributed by atoms with van der Waals surface area (Å²) in [6.45, 7) is 1.83. The van der Waals surface area contributed by atoms with Gasteiger partial charge in [-0.2, -0.15) is 0 Å². The van der Waals surface area contributed by atoms with Crippen molar-refractivity contribution in [3.63, 3.8) is 0 Å². The Bertz CT molecular complexity index is 630. The van der Waals surface area contributed by atoms with Gasteiger partial charge >= 0.3 is 0 Å². The molecule has 5 heteroatoms. The number of nitrogens with one attached hydrogen (secondary N) is 1. The van der Waals surface area contributed by atoms with Gasteiger partial charge in [0, 0.05) is 4.47 Å². The van der Waals surface area contributed by atoms with Gasteiger partial charge in [-0.3, -0.25) is 4.79 Å². The van der Waals surface area contributed by atoms with Gasteiger partial charge < -0.3 is 5.32 Å². The van der Waals surface area contributed by atoms with Crippen molar-refractivity contribution in [1.82, 2.24) is 5.32 Å². The van der Waals surface area contributed by atoms with Gasteiger partial charge in [-0.25, -0.2) is 4.39 Å². The van der Waals surface area contributed by atoms with Gasteiger partial charge in [0.25, 0.3) is 5.91 Å². The SMILES string of the molecule is CC(NC(=O)c1cccc(Br)c1Cl)c1ccc(F)cc1. The first-order valence-electron chi connectivity index (χ1n) is 5.99. The van der Waals surface area contributed by atoms with E-state index in [-0.39, 0.29) is 17.8 Å². The molecule has 0 aliphatic heterocycles. The number of carbonyl (C=O) groups excluding carboxylic acids is 1. The third kappa shape index (κ3) is 3.38. The smallest absolute Gasteiger partial charge is 0.253 e. The van der Waals surface area contributed by atoms with Crippen molar-refractivity contribution in [2.45, 2.75) is 13.0 Å². The van der Waals surface area contributed by atoms with Gasteiger partial charge in [-0.05, 0) is 52.7 Å². The van der Waals surface area contributed by atoms with Crippen LogP contribution in [0.3, 0.4) is 0 Å². The highest BCUT2D eigenvalue weighted by Crippen LogP contribution is 2.26. The number of carbonyl (C=O) groups is 1. The van der Waals surface area contributed by atoms with Crippen molar-refractivity contribution in [1.29, 1.82) is 0 Å². The normalized spacial score (nSPS) is 12.0. The highest BCUT2D eigenvalue weighted by atomic mass is 79.9. The Hall–Kier alpha value is -1.39. The van der Waals surface area contributed by atoms with Crippen LogP contribution in [-0.2, 0) is 0 Å². The van der Waals surface area contributed by atoms with Crippen molar-refractivity contribution in [2.24, 2.45) is 0 Å². The topological polar surface area (TPSA) is 29.1 Å². The van der Waals surface area contributed by atoms with Crippen molar-refractivity contribution in [3.05, 3.63) is 68.9 Å². The number of halogens is 3. The van der Waals surface area contributed by atoms with E-state index in [1.54, 1.807) is 30.3 Å². The molecule has 0 aliphatic carbocycles. The zero-order valence-electron chi connectivity index (χ0n) is 10.7. The molecule has 0 fully saturated rings. The summed E-state index contributed by atoms with van der Waals surface area (Å²) in [6.07, 6.45) is 0. The fourth-order valence-electron chi connectivity index (χ4n) is 1.79. The molecule has 2 aromatic rings.